The molecule has 0 fully saturated rings. The van der Waals surface area contributed by atoms with E-state index >= 15 is 0 Å². The van der Waals surface area contributed by atoms with E-state index in [4.69, 9.17) is 0 Å². The quantitative estimate of drug-likeness (QED) is 0.359. The third-order valence-corrected chi connectivity index (χ3v) is 2.54. The molecule has 0 atom stereocenters. The van der Waals surface area contributed by atoms with Crippen molar-refractivity contribution in [3.05, 3.63) is 73.9 Å². The van der Waals surface area contributed by atoms with E-state index in [1.54, 1.807) is 0 Å². The summed E-state index contributed by atoms with van der Waals surface area (Å²) in [7, 11) is 0. The molecule has 122 valence electrons. The minimum atomic E-state index is -0.0484. The molecule has 0 aromatic carbocycles. The molecule has 0 spiro atoms. The van der Waals surface area contributed by atoms with Gasteiger partial charge in [-0.3, -0.25) is 0 Å². The molecule has 0 aliphatic carbocycles. The maximum Gasteiger partial charge on any atom is 0.0140 e. The first kappa shape index (κ1) is 27.7. The van der Waals surface area contributed by atoms with Crippen LogP contribution in [-0.2, 0) is 0 Å². The fourth-order valence-corrected chi connectivity index (χ4v) is 1.37. The normalized spacial score (nSPS) is 10.6. The standard InChI is InChI=1S/C15H22.2C2H6.C2H4/c1-7-10-13(4)15(5,6)14(11-8-2)12-9-3;3*1-2/h7-12H,2,4H2,1,3,5-6H3;2*1-2H3;1-2H2/b10-7-,12-9-,14-11+;;;. The van der Waals surface area contributed by atoms with Crippen LogP contribution in [0.15, 0.2) is 73.9 Å². The highest BCUT2D eigenvalue weighted by atomic mass is 14.3. The van der Waals surface area contributed by atoms with Crippen LogP contribution in [0.3, 0.4) is 0 Å². The van der Waals surface area contributed by atoms with Crippen molar-refractivity contribution in [2.24, 2.45) is 5.41 Å². The summed E-state index contributed by atoms with van der Waals surface area (Å²) in [5, 5.41) is 0. The molecule has 0 heterocycles. The zero-order chi connectivity index (χ0) is 17.9. The van der Waals surface area contributed by atoms with Gasteiger partial charge in [-0.05, 0) is 25.0 Å². The third kappa shape index (κ3) is 13.2. The van der Waals surface area contributed by atoms with Crippen LogP contribution in [0.1, 0.15) is 55.4 Å². The zero-order valence-corrected chi connectivity index (χ0v) is 15.8. The lowest BCUT2D eigenvalue weighted by atomic mass is 9.77. The predicted octanol–water partition coefficient (Wildman–Crippen LogP) is 7.69. The zero-order valence-electron chi connectivity index (χ0n) is 15.8. The van der Waals surface area contributed by atoms with Gasteiger partial charge in [-0.2, -0.15) is 0 Å². The van der Waals surface area contributed by atoms with E-state index in [1.807, 2.05) is 65.8 Å². The Labute approximate surface area is 135 Å². The van der Waals surface area contributed by atoms with Gasteiger partial charge in [0.15, 0.2) is 0 Å². The fourth-order valence-electron chi connectivity index (χ4n) is 1.37. The molecule has 0 N–H and O–H groups in total. The van der Waals surface area contributed by atoms with Crippen molar-refractivity contribution in [3.8, 4) is 0 Å². The van der Waals surface area contributed by atoms with Crippen LogP contribution in [0, 0.1) is 5.41 Å². The summed E-state index contributed by atoms with van der Waals surface area (Å²) in [4.78, 5) is 0. The molecule has 0 heteroatoms. The highest BCUT2D eigenvalue weighted by Gasteiger charge is 2.22. The second kappa shape index (κ2) is 20.8. The van der Waals surface area contributed by atoms with Crippen molar-refractivity contribution < 1.29 is 0 Å². The van der Waals surface area contributed by atoms with E-state index in [-0.39, 0.29) is 5.41 Å². The van der Waals surface area contributed by atoms with Crippen LogP contribution in [-0.4, -0.2) is 0 Å². The molecule has 0 aliphatic heterocycles. The molecule has 0 radical (unpaired) electrons. The second-order valence-electron chi connectivity index (χ2n) is 4.01. The first-order chi connectivity index (χ1) is 10.0. The molecular formula is C21H38. The molecule has 0 aromatic rings. The average Bonchev–Trinajstić information content (AvgIpc) is 2.53. The van der Waals surface area contributed by atoms with Gasteiger partial charge in [-0.1, -0.05) is 91.2 Å². The van der Waals surface area contributed by atoms with Crippen molar-refractivity contribution in [3.63, 3.8) is 0 Å². The van der Waals surface area contributed by atoms with Crippen LogP contribution in [0.2, 0.25) is 0 Å². The molecule has 0 saturated heterocycles. The molecule has 0 rings (SSSR count). The first-order valence-corrected chi connectivity index (χ1v) is 7.78. The van der Waals surface area contributed by atoms with Crippen LogP contribution in [0.4, 0.5) is 0 Å². The minimum Gasteiger partial charge on any atom is -0.106 e. The Morgan fingerprint density at radius 3 is 1.52 bits per heavy atom. The smallest absolute Gasteiger partial charge is 0.0140 e. The topological polar surface area (TPSA) is 0 Å². The minimum absolute atomic E-state index is 0.0484. The van der Waals surface area contributed by atoms with Gasteiger partial charge in [-0.15, -0.1) is 13.2 Å². The molecule has 21 heavy (non-hydrogen) atoms. The molecular weight excluding hydrogens is 252 g/mol. The highest BCUT2D eigenvalue weighted by molar-refractivity contribution is 5.39. The van der Waals surface area contributed by atoms with Crippen LogP contribution in [0.25, 0.3) is 0 Å². The van der Waals surface area contributed by atoms with Gasteiger partial charge in [0.25, 0.3) is 0 Å². The number of hydrogen-bond donors (Lipinski definition) is 0. The number of hydrogen-bond acceptors (Lipinski definition) is 0. The Kier molecular flexibility index (Phi) is 27.4. The van der Waals surface area contributed by atoms with Gasteiger partial charge in [0.05, 0.1) is 0 Å². The third-order valence-electron chi connectivity index (χ3n) is 2.54. The average molecular weight is 291 g/mol. The molecule has 0 amide bonds. The van der Waals surface area contributed by atoms with Gasteiger partial charge in [0, 0.05) is 5.41 Å². The number of allylic oxidation sites excluding steroid dienone is 8. The molecule has 0 bridgehead atoms. The van der Waals surface area contributed by atoms with Crippen molar-refractivity contribution in [2.75, 3.05) is 0 Å². The monoisotopic (exact) mass is 290 g/mol. The Bertz CT molecular complexity index is 322. The second-order valence-corrected chi connectivity index (χ2v) is 4.01. The largest absolute Gasteiger partial charge is 0.106 e. The Morgan fingerprint density at radius 2 is 1.24 bits per heavy atom. The maximum atomic E-state index is 4.11. The van der Waals surface area contributed by atoms with Gasteiger partial charge < -0.3 is 0 Å². The van der Waals surface area contributed by atoms with E-state index < -0.39 is 0 Å². The Hall–Kier alpha value is -1.56. The fraction of sp³-hybridized carbons (Fsp3) is 0.429. The van der Waals surface area contributed by atoms with E-state index in [2.05, 4.69) is 52.3 Å². The van der Waals surface area contributed by atoms with Gasteiger partial charge in [0.1, 0.15) is 0 Å². The summed E-state index contributed by atoms with van der Waals surface area (Å²) in [5.74, 6) is 0. The van der Waals surface area contributed by atoms with Crippen molar-refractivity contribution in [1.29, 1.82) is 0 Å². The van der Waals surface area contributed by atoms with Crippen molar-refractivity contribution >= 4 is 0 Å². The summed E-state index contributed by atoms with van der Waals surface area (Å²) < 4.78 is 0. The van der Waals surface area contributed by atoms with Gasteiger partial charge >= 0.3 is 0 Å². The molecule has 0 nitrogen and oxygen atoms in total. The molecule has 0 saturated carbocycles. The Balaban J connectivity index is -0.000000212. The van der Waals surface area contributed by atoms with E-state index in [1.165, 1.54) is 5.57 Å². The summed E-state index contributed by atoms with van der Waals surface area (Å²) in [6.45, 7) is 30.2. The highest BCUT2D eigenvalue weighted by Crippen LogP contribution is 2.35. The summed E-state index contributed by atoms with van der Waals surface area (Å²) >= 11 is 0. The van der Waals surface area contributed by atoms with Gasteiger partial charge in [-0.25, -0.2) is 0 Å². The summed E-state index contributed by atoms with van der Waals surface area (Å²) in [6.07, 6.45) is 12.1. The van der Waals surface area contributed by atoms with Crippen molar-refractivity contribution in [2.45, 2.75) is 55.4 Å². The van der Waals surface area contributed by atoms with Crippen LogP contribution < -0.4 is 0 Å². The Morgan fingerprint density at radius 1 is 0.857 bits per heavy atom. The summed E-state index contributed by atoms with van der Waals surface area (Å²) in [6, 6.07) is 0. The van der Waals surface area contributed by atoms with Crippen molar-refractivity contribution in [1.82, 2.24) is 0 Å². The first-order valence-electron chi connectivity index (χ1n) is 7.78. The van der Waals surface area contributed by atoms with E-state index in [9.17, 15) is 0 Å². The van der Waals surface area contributed by atoms with Crippen LogP contribution in [0.5, 0.6) is 0 Å². The lowest BCUT2D eigenvalue weighted by molar-refractivity contribution is 0.568. The SMILES string of the molecule is C=C.C=C/C=C(\C=C/C)C(C)(C)C(=C)/C=C\C.CC.CC. The van der Waals surface area contributed by atoms with Crippen LogP contribution >= 0.6 is 0 Å². The van der Waals surface area contributed by atoms with Gasteiger partial charge in [0.2, 0.25) is 0 Å². The summed E-state index contributed by atoms with van der Waals surface area (Å²) in [5.41, 5.74) is 2.28. The molecule has 0 unspecified atom stereocenters. The maximum absolute atomic E-state index is 4.11. The lowest BCUT2D eigenvalue weighted by Gasteiger charge is -2.27. The lowest BCUT2D eigenvalue weighted by Crippen LogP contribution is -2.15. The van der Waals surface area contributed by atoms with E-state index in [0.717, 1.165) is 5.57 Å². The molecule has 0 aromatic heterocycles. The predicted molar refractivity (Wildman–Crippen MR) is 105 cm³/mol. The van der Waals surface area contributed by atoms with E-state index in [0.29, 0.717) is 0 Å². The number of rotatable bonds is 5. The molecule has 0 aliphatic rings.